The molecular formula is C44H55BrN3O15P. The molecule has 348 valence electrons. The smallest absolute Gasteiger partial charge is 0.470 e. The summed E-state index contributed by atoms with van der Waals surface area (Å²) in [6, 6.07) is 5.90. The van der Waals surface area contributed by atoms with Crippen molar-refractivity contribution in [3.63, 3.8) is 0 Å². The zero-order valence-corrected chi connectivity index (χ0v) is 38.0. The number of allylic oxidation sites excluding steroid dienone is 4. The van der Waals surface area contributed by atoms with Crippen molar-refractivity contribution in [2.24, 2.45) is 34.0 Å². The summed E-state index contributed by atoms with van der Waals surface area (Å²) in [5.41, 5.74) is -1.66. The van der Waals surface area contributed by atoms with Gasteiger partial charge in [-0.05, 0) is 99.3 Å². The minimum atomic E-state index is -5.03. The molecule has 7 aliphatic rings. The number of carbonyl (C=O) groups is 6. The number of carbonyl (C=O) groups excluding carboxylic acids is 5. The molecule has 7 N–H and O–H groups in total. The first-order valence-corrected chi connectivity index (χ1v) is 24.4. The molecule has 0 unspecified atom stereocenters. The van der Waals surface area contributed by atoms with E-state index >= 15 is 0 Å². The third kappa shape index (κ3) is 8.67. The lowest BCUT2D eigenvalue weighted by Gasteiger charge is -2.59. The third-order valence-corrected chi connectivity index (χ3v) is 16.3. The molecule has 6 fully saturated rings. The summed E-state index contributed by atoms with van der Waals surface area (Å²) in [5, 5.41) is 29.0. The summed E-state index contributed by atoms with van der Waals surface area (Å²) in [6.07, 6.45) is 6.74. The Morgan fingerprint density at radius 3 is 2.42 bits per heavy atom. The molecule has 1 heterocycles. The predicted octanol–water partition coefficient (Wildman–Crippen LogP) is 3.07. The van der Waals surface area contributed by atoms with E-state index in [4.69, 9.17) is 23.8 Å². The number of nitrogens with one attached hydrogen (secondary N) is 3. The molecule has 18 nitrogen and oxygen atoms in total. The Hall–Kier alpha value is -3.81. The van der Waals surface area contributed by atoms with E-state index in [1.165, 1.54) is 0 Å². The molecule has 0 aromatic heterocycles. The van der Waals surface area contributed by atoms with Crippen molar-refractivity contribution in [3.8, 4) is 5.75 Å². The molecule has 5 saturated carbocycles. The van der Waals surface area contributed by atoms with E-state index in [1.807, 2.05) is 13.0 Å². The highest BCUT2D eigenvalue weighted by Gasteiger charge is 2.76. The first kappa shape index (κ1) is 46.7. The number of hydrogen-bond acceptors (Lipinski definition) is 12. The van der Waals surface area contributed by atoms with Crippen molar-refractivity contribution >= 4 is 59.0 Å². The number of carboxylic acid groups (broad SMARTS) is 1. The largest absolute Gasteiger partial charge is 0.490 e. The Morgan fingerprint density at radius 1 is 1.03 bits per heavy atom. The molecule has 1 aromatic carbocycles. The van der Waals surface area contributed by atoms with E-state index in [-0.39, 0.29) is 72.2 Å². The molecule has 0 bridgehead atoms. The number of phosphoric ester groups is 1. The van der Waals surface area contributed by atoms with Crippen LogP contribution in [0.4, 0.5) is 0 Å². The number of ketones is 2. The van der Waals surface area contributed by atoms with E-state index in [9.17, 15) is 48.2 Å². The fraction of sp³-hybridized carbons (Fsp3) is 0.636. The predicted molar refractivity (Wildman–Crippen MR) is 227 cm³/mol. The van der Waals surface area contributed by atoms with Gasteiger partial charge in [-0.3, -0.25) is 33.3 Å². The SMILES string of the molecule is C[C@]12C=CC(=O)C=C1CC[C@@H]1[C@@H]2[C@@H](O)C[C@@]2(C)[C@H]1C[C@H]1O[C@@H](c3ccc(OC4CC5(CC(NC(=O)[C@H](CCC(=O)O)NC(=O)CNC(=O)CBr)C5)C4)cc3)O[C@]12C(=O)COP(=O)(O)O. The summed E-state index contributed by atoms with van der Waals surface area (Å²) < 4.78 is 36.2. The number of amides is 3. The van der Waals surface area contributed by atoms with Gasteiger partial charge >= 0.3 is 13.8 Å². The molecule has 3 amide bonds. The van der Waals surface area contributed by atoms with Gasteiger partial charge in [0.1, 0.15) is 18.4 Å². The Balaban J connectivity index is 0.884. The lowest BCUT2D eigenvalue weighted by Crippen LogP contribution is -2.63. The van der Waals surface area contributed by atoms with Gasteiger partial charge in [0.15, 0.2) is 23.5 Å². The fourth-order valence-electron chi connectivity index (χ4n) is 12.6. The van der Waals surface area contributed by atoms with Gasteiger partial charge in [0.05, 0.1) is 30.2 Å². The van der Waals surface area contributed by atoms with Crippen molar-refractivity contribution in [2.45, 2.75) is 120 Å². The number of aliphatic carboxylic acids is 1. The minimum Gasteiger partial charge on any atom is -0.490 e. The molecule has 6 aliphatic carbocycles. The average molecular weight is 977 g/mol. The molecule has 20 heteroatoms. The van der Waals surface area contributed by atoms with Gasteiger partial charge in [0.2, 0.25) is 17.7 Å². The number of fused-ring (bicyclic) bond motifs is 7. The van der Waals surface area contributed by atoms with E-state index < -0.39 is 84.9 Å². The first-order chi connectivity index (χ1) is 30.2. The Labute approximate surface area is 378 Å². The number of ether oxygens (including phenoxy) is 3. The van der Waals surface area contributed by atoms with Crippen LogP contribution in [-0.4, -0.2) is 110 Å². The zero-order chi connectivity index (χ0) is 46.0. The summed E-state index contributed by atoms with van der Waals surface area (Å²) >= 11 is 2.99. The number of aliphatic hydroxyl groups is 1. The second-order valence-electron chi connectivity index (χ2n) is 19.2. The van der Waals surface area contributed by atoms with Crippen molar-refractivity contribution in [1.29, 1.82) is 0 Å². The van der Waals surface area contributed by atoms with Crippen LogP contribution in [0.2, 0.25) is 0 Å². The Bertz CT molecular complexity index is 2180. The van der Waals surface area contributed by atoms with Gasteiger partial charge in [-0.1, -0.05) is 53.6 Å². The Morgan fingerprint density at radius 2 is 1.75 bits per heavy atom. The lowest BCUT2D eigenvalue weighted by atomic mass is 9.46. The molecule has 8 rings (SSSR count). The van der Waals surface area contributed by atoms with Crippen LogP contribution in [0.25, 0.3) is 0 Å². The normalized spacial score (nSPS) is 37.3. The summed E-state index contributed by atoms with van der Waals surface area (Å²) in [4.78, 5) is 93.9. The van der Waals surface area contributed by atoms with Crippen molar-refractivity contribution in [3.05, 3.63) is 53.6 Å². The molecule has 10 atom stereocenters. The van der Waals surface area contributed by atoms with Crippen LogP contribution in [0.1, 0.15) is 89.9 Å². The van der Waals surface area contributed by atoms with Gasteiger partial charge in [-0.15, -0.1) is 0 Å². The standard InChI is InChI=1S/C44H55BrN3O15P/c1-41-12-11-26(49)13-24(41)5-8-29-30-14-34-44(33(51)22-60-64(57,58)59,42(30,2)19-32(50)38(29)41)63-40(62-34)23-3-6-27(7-4-23)61-28-17-43(18-28)15-25(16-43)47-39(56)31(9-10-37(54)55)48-36(53)21-46-35(52)20-45/h3-4,6-7,11-13,25,28-32,34,38,40,50H,5,8-10,14-22H2,1-2H3,(H,46,52)(H,47,56)(H,48,53)(H,54,55)(H2,57,58,59)/t25?,28?,29-,30-,31-,32-,34+,38+,40+,41-,42-,43?,44+/m0/s1. The van der Waals surface area contributed by atoms with E-state index in [0.717, 1.165) is 18.4 Å². The Kier molecular flexibility index (Phi) is 12.7. The highest BCUT2D eigenvalue weighted by Crippen LogP contribution is 2.70. The van der Waals surface area contributed by atoms with Crippen molar-refractivity contribution in [2.75, 3.05) is 18.5 Å². The summed E-state index contributed by atoms with van der Waals surface area (Å²) in [5.74, 6) is -3.19. The number of rotatable bonds is 16. The highest BCUT2D eigenvalue weighted by atomic mass is 79.9. The maximum absolute atomic E-state index is 14.4. The molecule has 1 saturated heterocycles. The van der Waals surface area contributed by atoms with Crippen molar-refractivity contribution in [1.82, 2.24) is 16.0 Å². The summed E-state index contributed by atoms with van der Waals surface area (Å²) in [7, 11) is -5.03. The van der Waals surface area contributed by atoms with Crippen molar-refractivity contribution < 1.29 is 72.1 Å². The van der Waals surface area contributed by atoms with Crippen LogP contribution < -0.4 is 20.7 Å². The van der Waals surface area contributed by atoms with Crippen LogP contribution >= 0.6 is 23.8 Å². The molecule has 64 heavy (non-hydrogen) atoms. The van der Waals surface area contributed by atoms with E-state index in [2.05, 4.69) is 38.8 Å². The monoisotopic (exact) mass is 975 g/mol. The first-order valence-electron chi connectivity index (χ1n) is 21.8. The van der Waals surface area contributed by atoms with Crippen LogP contribution in [0.15, 0.2) is 48.1 Å². The lowest BCUT2D eigenvalue weighted by molar-refractivity contribution is -0.200. The van der Waals surface area contributed by atoms with Gasteiger partial charge in [-0.25, -0.2) is 4.57 Å². The van der Waals surface area contributed by atoms with Gasteiger partial charge in [0, 0.05) is 34.8 Å². The number of alkyl halides is 1. The van der Waals surface area contributed by atoms with Crippen LogP contribution in [0.5, 0.6) is 5.75 Å². The molecule has 0 radical (unpaired) electrons. The molecular weight excluding hydrogens is 921 g/mol. The van der Waals surface area contributed by atoms with E-state index in [1.54, 1.807) is 36.4 Å². The van der Waals surface area contributed by atoms with Gasteiger partial charge in [0.25, 0.3) is 0 Å². The van der Waals surface area contributed by atoms with Crippen LogP contribution in [0.3, 0.4) is 0 Å². The summed E-state index contributed by atoms with van der Waals surface area (Å²) in [6.45, 7) is 2.70. The zero-order valence-electron chi connectivity index (χ0n) is 35.5. The number of benzene rings is 1. The topological polar surface area (TPSA) is 273 Å². The second kappa shape index (κ2) is 17.4. The van der Waals surface area contributed by atoms with Crippen LogP contribution in [0, 0.1) is 34.0 Å². The number of aliphatic hydroxyl groups excluding tert-OH is 1. The number of halogens is 1. The molecule has 1 aromatic rings. The minimum absolute atomic E-state index is 0.00639. The van der Waals surface area contributed by atoms with Gasteiger partial charge in [-0.2, -0.15) is 0 Å². The number of carboxylic acids is 1. The average Bonchev–Trinajstić information content (AvgIpc) is 3.71. The number of hydrogen-bond donors (Lipinski definition) is 7. The highest BCUT2D eigenvalue weighted by molar-refractivity contribution is 9.09. The fourth-order valence-corrected chi connectivity index (χ4v) is 13.1. The number of phosphoric acid groups is 1. The van der Waals surface area contributed by atoms with Gasteiger partial charge < -0.3 is 50.2 Å². The van der Waals surface area contributed by atoms with E-state index in [0.29, 0.717) is 43.4 Å². The molecule has 1 aliphatic heterocycles. The quantitative estimate of drug-likeness (QED) is 0.0927. The number of Topliss-reactive ketones (excluding diaryl/α,β-unsaturated/α-hetero) is 1. The maximum Gasteiger partial charge on any atom is 0.470 e. The second-order valence-corrected chi connectivity index (χ2v) is 21.0. The van der Waals surface area contributed by atoms with Crippen LogP contribution in [-0.2, 0) is 47.3 Å². The maximum atomic E-state index is 14.4. The third-order valence-electron chi connectivity index (χ3n) is 15.4. The molecule has 1 spiro atoms.